The number of hydrogen-bond donors (Lipinski definition) is 3. The molecule has 1 aliphatic rings. The minimum atomic E-state index is -4.38. The van der Waals surface area contributed by atoms with Crippen LogP contribution >= 0.6 is 0 Å². The van der Waals surface area contributed by atoms with Crippen LogP contribution in [0.4, 0.5) is 13.2 Å². The minimum absolute atomic E-state index is 0.0458. The van der Waals surface area contributed by atoms with Crippen LogP contribution < -0.4 is 10.6 Å². The SMILES string of the molecule is O=C(CNCC1(CO)CCCC1)NCC(F)(F)F. The third-order valence-electron chi connectivity index (χ3n) is 3.27. The number of amides is 1. The minimum Gasteiger partial charge on any atom is -0.396 e. The molecular weight excluding hydrogens is 249 g/mol. The molecule has 3 N–H and O–H groups in total. The van der Waals surface area contributed by atoms with E-state index in [4.69, 9.17) is 0 Å². The summed E-state index contributed by atoms with van der Waals surface area (Å²) < 4.78 is 35.5. The van der Waals surface area contributed by atoms with Crippen molar-refractivity contribution in [3.8, 4) is 0 Å². The number of alkyl halides is 3. The van der Waals surface area contributed by atoms with Crippen molar-refractivity contribution in [2.75, 3.05) is 26.2 Å². The van der Waals surface area contributed by atoms with E-state index in [-0.39, 0.29) is 18.6 Å². The summed E-state index contributed by atoms with van der Waals surface area (Å²) in [5.74, 6) is -0.682. The molecule has 0 aromatic heterocycles. The Balaban J connectivity index is 2.19. The number of hydrogen-bond acceptors (Lipinski definition) is 3. The first-order valence-corrected chi connectivity index (χ1v) is 6.02. The van der Waals surface area contributed by atoms with Gasteiger partial charge in [-0.1, -0.05) is 12.8 Å². The third kappa shape index (κ3) is 5.22. The second-order valence-corrected chi connectivity index (χ2v) is 4.86. The van der Waals surface area contributed by atoms with Gasteiger partial charge in [-0.25, -0.2) is 0 Å². The monoisotopic (exact) mass is 268 g/mol. The normalized spacial score (nSPS) is 18.9. The summed E-state index contributed by atoms with van der Waals surface area (Å²) in [5.41, 5.74) is -0.204. The molecule has 1 rings (SSSR count). The van der Waals surface area contributed by atoms with Gasteiger partial charge in [0.15, 0.2) is 0 Å². The van der Waals surface area contributed by atoms with Crippen LogP contribution in [-0.2, 0) is 4.79 Å². The number of nitrogens with one attached hydrogen (secondary N) is 2. The molecule has 1 fully saturated rings. The van der Waals surface area contributed by atoms with Gasteiger partial charge in [0.1, 0.15) is 6.54 Å². The summed E-state index contributed by atoms with van der Waals surface area (Å²) in [5, 5.41) is 13.9. The summed E-state index contributed by atoms with van der Waals surface area (Å²) in [4.78, 5) is 11.1. The van der Waals surface area contributed by atoms with Gasteiger partial charge in [-0.2, -0.15) is 13.2 Å². The Morgan fingerprint density at radius 1 is 1.28 bits per heavy atom. The Morgan fingerprint density at radius 2 is 1.89 bits per heavy atom. The van der Waals surface area contributed by atoms with E-state index in [2.05, 4.69) is 5.32 Å². The third-order valence-corrected chi connectivity index (χ3v) is 3.27. The Labute approximate surface area is 104 Å². The molecule has 1 saturated carbocycles. The molecule has 0 aliphatic heterocycles. The second-order valence-electron chi connectivity index (χ2n) is 4.86. The fourth-order valence-corrected chi connectivity index (χ4v) is 2.22. The lowest BCUT2D eigenvalue weighted by Gasteiger charge is -2.26. The van der Waals surface area contributed by atoms with Crippen LogP contribution in [0.1, 0.15) is 25.7 Å². The highest BCUT2D eigenvalue weighted by molar-refractivity contribution is 5.78. The lowest BCUT2D eigenvalue weighted by molar-refractivity contribution is -0.137. The molecule has 0 heterocycles. The van der Waals surface area contributed by atoms with Gasteiger partial charge in [-0.05, 0) is 12.8 Å². The predicted octanol–water partition coefficient (Wildman–Crippen LogP) is 0.807. The molecule has 1 aliphatic carbocycles. The van der Waals surface area contributed by atoms with Crippen molar-refractivity contribution in [2.45, 2.75) is 31.9 Å². The lowest BCUT2D eigenvalue weighted by Crippen LogP contribution is -2.43. The Morgan fingerprint density at radius 3 is 2.39 bits per heavy atom. The Kier molecular flexibility index (Phi) is 5.40. The van der Waals surface area contributed by atoms with Crippen LogP contribution in [0.25, 0.3) is 0 Å². The number of halogens is 3. The average Bonchev–Trinajstić information content (AvgIpc) is 2.75. The van der Waals surface area contributed by atoms with Crippen molar-refractivity contribution in [2.24, 2.45) is 5.41 Å². The van der Waals surface area contributed by atoms with E-state index in [1.54, 1.807) is 5.32 Å². The number of aliphatic hydroxyl groups is 1. The molecule has 0 unspecified atom stereocenters. The zero-order chi connectivity index (χ0) is 13.6. The van der Waals surface area contributed by atoms with Crippen LogP contribution in [0.5, 0.6) is 0 Å². The molecular formula is C11H19F3N2O2. The summed E-state index contributed by atoms with van der Waals surface area (Å²) in [6, 6.07) is 0. The van der Waals surface area contributed by atoms with Crippen molar-refractivity contribution in [1.29, 1.82) is 0 Å². The summed E-state index contributed by atoms with van der Waals surface area (Å²) in [7, 11) is 0. The average molecular weight is 268 g/mol. The molecule has 106 valence electrons. The van der Waals surface area contributed by atoms with Crippen LogP contribution in [0, 0.1) is 5.41 Å². The molecule has 0 radical (unpaired) electrons. The Hall–Kier alpha value is -0.820. The first-order chi connectivity index (χ1) is 8.37. The molecule has 0 aromatic carbocycles. The standard InChI is InChI=1S/C11H19F3N2O2/c12-11(13,14)7-16-9(18)5-15-6-10(8-17)3-1-2-4-10/h15,17H,1-8H2,(H,16,18). The number of carbonyl (C=O) groups excluding carboxylic acids is 1. The second kappa shape index (κ2) is 6.38. The first kappa shape index (κ1) is 15.2. The number of aliphatic hydroxyl groups excluding tert-OH is 1. The fourth-order valence-electron chi connectivity index (χ4n) is 2.22. The van der Waals surface area contributed by atoms with Crippen LogP contribution in [0.2, 0.25) is 0 Å². The van der Waals surface area contributed by atoms with Gasteiger partial charge in [0.05, 0.1) is 6.54 Å². The topological polar surface area (TPSA) is 61.4 Å². The largest absolute Gasteiger partial charge is 0.405 e. The Bertz CT molecular complexity index is 276. The smallest absolute Gasteiger partial charge is 0.396 e. The molecule has 0 bridgehead atoms. The van der Waals surface area contributed by atoms with Crippen LogP contribution in [0.3, 0.4) is 0 Å². The van der Waals surface area contributed by atoms with Gasteiger partial charge in [0.25, 0.3) is 0 Å². The van der Waals surface area contributed by atoms with E-state index >= 15 is 0 Å². The maximum absolute atomic E-state index is 11.8. The van der Waals surface area contributed by atoms with E-state index in [9.17, 15) is 23.1 Å². The molecule has 7 heteroatoms. The zero-order valence-corrected chi connectivity index (χ0v) is 10.1. The molecule has 0 atom stereocenters. The number of carbonyl (C=O) groups is 1. The van der Waals surface area contributed by atoms with E-state index < -0.39 is 18.6 Å². The molecule has 1 amide bonds. The molecule has 4 nitrogen and oxygen atoms in total. The first-order valence-electron chi connectivity index (χ1n) is 6.02. The predicted molar refractivity (Wildman–Crippen MR) is 59.9 cm³/mol. The maximum atomic E-state index is 11.8. The van der Waals surface area contributed by atoms with E-state index in [0.29, 0.717) is 6.54 Å². The van der Waals surface area contributed by atoms with Crippen molar-refractivity contribution < 1.29 is 23.1 Å². The summed E-state index contributed by atoms with van der Waals surface area (Å²) in [6.07, 6.45) is -0.514. The van der Waals surface area contributed by atoms with Gasteiger partial charge in [-0.15, -0.1) is 0 Å². The molecule has 0 saturated heterocycles. The van der Waals surface area contributed by atoms with Crippen LogP contribution in [0.15, 0.2) is 0 Å². The van der Waals surface area contributed by atoms with Gasteiger partial charge < -0.3 is 15.7 Å². The van der Waals surface area contributed by atoms with E-state index in [0.717, 1.165) is 25.7 Å². The van der Waals surface area contributed by atoms with Crippen molar-refractivity contribution in [3.05, 3.63) is 0 Å². The van der Waals surface area contributed by atoms with Crippen LogP contribution in [-0.4, -0.2) is 43.4 Å². The van der Waals surface area contributed by atoms with Crippen molar-refractivity contribution >= 4 is 5.91 Å². The molecule has 0 aromatic rings. The summed E-state index contributed by atoms with van der Waals surface area (Å²) in [6.45, 7) is -0.955. The van der Waals surface area contributed by atoms with Gasteiger partial charge in [0, 0.05) is 18.6 Å². The number of rotatable bonds is 6. The molecule has 0 spiro atoms. The summed E-state index contributed by atoms with van der Waals surface area (Å²) >= 11 is 0. The highest BCUT2D eigenvalue weighted by atomic mass is 19.4. The highest BCUT2D eigenvalue weighted by Gasteiger charge is 2.33. The van der Waals surface area contributed by atoms with E-state index in [1.165, 1.54) is 0 Å². The zero-order valence-electron chi connectivity index (χ0n) is 10.1. The van der Waals surface area contributed by atoms with Crippen molar-refractivity contribution in [3.63, 3.8) is 0 Å². The lowest BCUT2D eigenvalue weighted by atomic mass is 9.87. The van der Waals surface area contributed by atoms with Gasteiger partial charge >= 0.3 is 6.18 Å². The quantitative estimate of drug-likeness (QED) is 0.668. The fraction of sp³-hybridized carbons (Fsp3) is 0.909. The van der Waals surface area contributed by atoms with Gasteiger partial charge in [0.2, 0.25) is 5.91 Å². The highest BCUT2D eigenvalue weighted by Crippen LogP contribution is 2.36. The van der Waals surface area contributed by atoms with E-state index in [1.807, 2.05) is 0 Å². The molecule has 18 heavy (non-hydrogen) atoms. The van der Waals surface area contributed by atoms with Crippen molar-refractivity contribution in [1.82, 2.24) is 10.6 Å². The maximum Gasteiger partial charge on any atom is 0.405 e. The van der Waals surface area contributed by atoms with Gasteiger partial charge in [-0.3, -0.25) is 4.79 Å².